The van der Waals surface area contributed by atoms with E-state index in [1.165, 1.54) is 0 Å². The first-order valence-electron chi connectivity index (χ1n) is 6.12. The smallest absolute Gasteiger partial charge is 0.264 e. The molecule has 2 bridgehead atoms. The highest BCUT2D eigenvalue weighted by Gasteiger charge is 2.42. The molecule has 0 radical (unpaired) electrons. The van der Waals surface area contributed by atoms with E-state index in [2.05, 4.69) is 9.97 Å². The number of ether oxygens (including phenoxy) is 2. The zero-order chi connectivity index (χ0) is 12.7. The van der Waals surface area contributed by atoms with E-state index in [-0.39, 0.29) is 17.6 Å². The summed E-state index contributed by atoms with van der Waals surface area (Å²) in [7, 11) is 1.61. The number of aromatic amines is 1. The van der Waals surface area contributed by atoms with Gasteiger partial charge in [0, 0.05) is 13.0 Å². The van der Waals surface area contributed by atoms with Crippen LogP contribution in [-0.2, 0) is 16.1 Å². The van der Waals surface area contributed by atoms with Gasteiger partial charge in [-0.3, -0.25) is 4.79 Å². The lowest BCUT2D eigenvalue weighted by Crippen LogP contribution is -2.24. The first-order valence-corrected chi connectivity index (χ1v) is 7.20. The van der Waals surface area contributed by atoms with Gasteiger partial charge in [0.2, 0.25) is 0 Å². The van der Waals surface area contributed by atoms with E-state index in [0.717, 1.165) is 30.8 Å². The van der Waals surface area contributed by atoms with Crippen LogP contribution in [0.2, 0.25) is 0 Å². The molecule has 3 heterocycles. The van der Waals surface area contributed by atoms with Gasteiger partial charge >= 0.3 is 0 Å². The summed E-state index contributed by atoms with van der Waals surface area (Å²) in [6.45, 7) is 0.372. The zero-order valence-electron chi connectivity index (χ0n) is 10.1. The van der Waals surface area contributed by atoms with E-state index in [4.69, 9.17) is 9.47 Å². The Hall–Kier alpha value is -0.470. The zero-order valence-corrected chi connectivity index (χ0v) is 12.3. The van der Waals surface area contributed by atoms with Gasteiger partial charge in [0.05, 0.1) is 24.5 Å². The Morgan fingerprint density at radius 3 is 3.00 bits per heavy atom. The van der Waals surface area contributed by atoms with Crippen LogP contribution in [0.5, 0.6) is 0 Å². The number of aromatic nitrogens is 2. The molecule has 6 heteroatoms. The van der Waals surface area contributed by atoms with Crippen molar-refractivity contribution in [3.8, 4) is 0 Å². The molecular weight excluding hydrogens is 347 g/mol. The minimum atomic E-state index is -0.0737. The number of H-pyrrole nitrogens is 1. The average Bonchev–Trinajstić information content (AvgIpc) is 2.97. The molecule has 2 saturated heterocycles. The summed E-state index contributed by atoms with van der Waals surface area (Å²) in [5.41, 5.74) is 0.648. The summed E-state index contributed by atoms with van der Waals surface area (Å²) < 4.78 is 11.5. The van der Waals surface area contributed by atoms with Crippen LogP contribution in [0.3, 0.4) is 0 Å². The SMILES string of the molecule is COCc1nc(C2CC3CCC2O3)[nH]c(=O)c1I. The second-order valence-corrected chi connectivity index (χ2v) is 5.94. The third-order valence-electron chi connectivity index (χ3n) is 3.69. The van der Waals surface area contributed by atoms with Crippen molar-refractivity contribution in [2.24, 2.45) is 0 Å². The summed E-state index contributed by atoms with van der Waals surface area (Å²) in [6.07, 6.45) is 3.77. The number of hydrogen-bond acceptors (Lipinski definition) is 4. The molecule has 2 aliphatic rings. The second-order valence-electron chi connectivity index (χ2n) is 4.86. The Balaban J connectivity index is 1.95. The first kappa shape index (κ1) is 12.6. The third kappa shape index (κ3) is 2.10. The molecule has 98 valence electrons. The number of nitrogens with zero attached hydrogens (tertiary/aromatic N) is 1. The molecule has 0 spiro atoms. The number of nitrogens with one attached hydrogen (secondary N) is 1. The van der Waals surface area contributed by atoms with Crippen molar-refractivity contribution in [1.82, 2.24) is 9.97 Å². The van der Waals surface area contributed by atoms with Gasteiger partial charge < -0.3 is 14.5 Å². The lowest BCUT2D eigenvalue weighted by atomic mass is 9.88. The van der Waals surface area contributed by atoms with Gasteiger partial charge in [0.15, 0.2) is 0 Å². The highest BCUT2D eigenvalue weighted by Crippen LogP contribution is 2.43. The van der Waals surface area contributed by atoms with Gasteiger partial charge in [-0.1, -0.05) is 0 Å². The summed E-state index contributed by atoms with van der Waals surface area (Å²) >= 11 is 2.01. The van der Waals surface area contributed by atoms with E-state index in [1.807, 2.05) is 22.6 Å². The monoisotopic (exact) mass is 362 g/mol. The maximum Gasteiger partial charge on any atom is 0.264 e. The van der Waals surface area contributed by atoms with Crippen molar-refractivity contribution in [2.75, 3.05) is 7.11 Å². The molecule has 3 atom stereocenters. The largest absolute Gasteiger partial charge is 0.378 e. The van der Waals surface area contributed by atoms with E-state index in [0.29, 0.717) is 16.3 Å². The summed E-state index contributed by atoms with van der Waals surface area (Å²) in [4.78, 5) is 19.3. The van der Waals surface area contributed by atoms with Gasteiger partial charge in [-0.25, -0.2) is 4.98 Å². The molecule has 2 aliphatic heterocycles. The maximum atomic E-state index is 11.9. The Labute approximate surface area is 118 Å². The van der Waals surface area contributed by atoms with Gasteiger partial charge in [0.1, 0.15) is 9.39 Å². The quantitative estimate of drug-likeness (QED) is 0.829. The first-order chi connectivity index (χ1) is 8.69. The number of methoxy groups -OCH3 is 1. The Kier molecular flexibility index (Phi) is 3.42. The van der Waals surface area contributed by atoms with Gasteiger partial charge in [-0.15, -0.1) is 0 Å². The highest BCUT2D eigenvalue weighted by molar-refractivity contribution is 14.1. The van der Waals surface area contributed by atoms with Crippen LogP contribution in [0, 0.1) is 3.57 Å². The van der Waals surface area contributed by atoms with Gasteiger partial charge in [-0.05, 0) is 41.9 Å². The fourth-order valence-corrected chi connectivity index (χ4v) is 3.27. The van der Waals surface area contributed by atoms with Crippen molar-refractivity contribution in [3.63, 3.8) is 0 Å². The van der Waals surface area contributed by atoms with E-state index in [1.54, 1.807) is 7.11 Å². The van der Waals surface area contributed by atoms with Crippen LogP contribution in [0.1, 0.15) is 36.7 Å². The minimum Gasteiger partial charge on any atom is -0.378 e. The molecule has 0 aliphatic carbocycles. The molecule has 0 aromatic carbocycles. The van der Waals surface area contributed by atoms with Crippen LogP contribution in [0.15, 0.2) is 4.79 Å². The predicted molar refractivity (Wildman–Crippen MR) is 73.5 cm³/mol. The van der Waals surface area contributed by atoms with Crippen molar-refractivity contribution in [3.05, 3.63) is 25.4 Å². The Bertz CT molecular complexity index is 517. The van der Waals surface area contributed by atoms with Crippen LogP contribution < -0.4 is 5.56 Å². The Morgan fingerprint density at radius 2 is 2.39 bits per heavy atom. The summed E-state index contributed by atoms with van der Waals surface area (Å²) in [5.74, 6) is 1.00. The molecule has 0 amide bonds. The van der Waals surface area contributed by atoms with E-state index >= 15 is 0 Å². The summed E-state index contributed by atoms with van der Waals surface area (Å²) in [6, 6.07) is 0. The van der Waals surface area contributed by atoms with Crippen molar-refractivity contribution in [1.29, 1.82) is 0 Å². The molecule has 3 rings (SSSR count). The van der Waals surface area contributed by atoms with Crippen molar-refractivity contribution in [2.45, 2.75) is 44.0 Å². The van der Waals surface area contributed by atoms with E-state index < -0.39 is 0 Å². The molecular formula is C12H15IN2O3. The third-order valence-corrected chi connectivity index (χ3v) is 4.80. The molecule has 0 saturated carbocycles. The van der Waals surface area contributed by atoms with Crippen LogP contribution >= 0.6 is 22.6 Å². The number of rotatable bonds is 3. The lowest BCUT2D eigenvalue weighted by molar-refractivity contribution is 0.0997. The lowest BCUT2D eigenvalue weighted by Gasteiger charge is -2.18. The van der Waals surface area contributed by atoms with Gasteiger partial charge in [-0.2, -0.15) is 0 Å². The van der Waals surface area contributed by atoms with Gasteiger partial charge in [0.25, 0.3) is 5.56 Å². The van der Waals surface area contributed by atoms with Crippen LogP contribution in [-0.4, -0.2) is 29.3 Å². The predicted octanol–water partition coefficient (Wildman–Crippen LogP) is 1.56. The molecule has 1 aromatic heterocycles. The maximum absolute atomic E-state index is 11.9. The number of hydrogen-bond donors (Lipinski definition) is 1. The van der Waals surface area contributed by atoms with Crippen molar-refractivity contribution >= 4 is 22.6 Å². The molecule has 1 aromatic rings. The Morgan fingerprint density at radius 1 is 1.56 bits per heavy atom. The topological polar surface area (TPSA) is 64.2 Å². The average molecular weight is 362 g/mol. The van der Waals surface area contributed by atoms with Crippen LogP contribution in [0.4, 0.5) is 0 Å². The molecule has 2 fully saturated rings. The normalized spacial score (nSPS) is 30.0. The number of fused-ring (bicyclic) bond motifs is 2. The molecule has 18 heavy (non-hydrogen) atoms. The molecule has 5 nitrogen and oxygen atoms in total. The standard InChI is InChI=1S/C12H15IN2O3/c1-17-5-8-10(13)12(16)15-11(14-8)7-4-6-2-3-9(7)18-6/h6-7,9H,2-5H2,1H3,(H,14,15,16). The summed E-state index contributed by atoms with van der Waals surface area (Å²) in [5, 5.41) is 0. The molecule has 1 N–H and O–H groups in total. The van der Waals surface area contributed by atoms with E-state index in [9.17, 15) is 4.79 Å². The second kappa shape index (κ2) is 4.90. The fourth-order valence-electron chi connectivity index (χ4n) is 2.86. The van der Waals surface area contributed by atoms with Crippen LogP contribution in [0.25, 0.3) is 0 Å². The van der Waals surface area contributed by atoms with Crippen molar-refractivity contribution < 1.29 is 9.47 Å². The minimum absolute atomic E-state index is 0.0737. The molecule has 3 unspecified atom stereocenters. The fraction of sp³-hybridized carbons (Fsp3) is 0.667. The highest BCUT2D eigenvalue weighted by atomic mass is 127. The number of halogens is 1.